The first-order chi connectivity index (χ1) is 12.2. The minimum absolute atomic E-state index is 0.244. The lowest BCUT2D eigenvalue weighted by molar-refractivity contribution is 0.0323. The highest BCUT2D eigenvalue weighted by Gasteiger charge is 2.26. The molecule has 132 valence electrons. The monoisotopic (exact) mass is 341 g/mol. The summed E-state index contributed by atoms with van der Waals surface area (Å²) in [7, 11) is 3.36. The maximum Gasteiger partial charge on any atom is 0.410 e. The first-order valence-electron chi connectivity index (χ1n) is 8.44. The maximum absolute atomic E-state index is 11.8. The second-order valence-electron chi connectivity index (χ2n) is 6.08. The lowest BCUT2D eigenvalue weighted by atomic mass is 10.0. The Balaban J connectivity index is 1.68. The normalized spacial score (nSPS) is 17.1. The van der Waals surface area contributed by atoms with Crippen LogP contribution >= 0.6 is 0 Å². The Morgan fingerprint density at radius 2 is 1.96 bits per heavy atom. The largest absolute Gasteiger partial charge is 0.493 e. The van der Waals surface area contributed by atoms with Crippen LogP contribution in [0.5, 0.6) is 11.5 Å². The number of ether oxygens (including phenoxy) is 3. The number of carbonyl (C=O) groups excluding carboxylic acids is 1. The molecule has 1 aliphatic heterocycles. The highest BCUT2D eigenvalue weighted by Crippen LogP contribution is 2.34. The summed E-state index contributed by atoms with van der Waals surface area (Å²) < 4.78 is 16.8. The van der Waals surface area contributed by atoms with Crippen LogP contribution in [0.2, 0.25) is 0 Å². The van der Waals surface area contributed by atoms with E-state index in [-0.39, 0.29) is 12.2 Å². The van der Waals surface area contributed by atoms with Crippen molar-refractivity contribution in [3.63, 3.8) is 0 Å². The SMILES string of the molecule is COc1ccc(C2CCN(C)C(=O)O2)cc1OCCc1ccccc1. The number of carbonyl (C=O) groups is 1. The van der Waals surface area contributed by atoms with Crippen LogP contribution < -0.4 is 9.47 Å². The van der Waals surface area contributed by atoms with E-state index in [9.17, 15) is 4.79 Å². The first-order valence-corrected chi connectivity index (χ1v) is 8.44. The Labute approximate surface area is 148 Å². The molecule has 1 fully saturated rings. The predicted octanol–water partition coefficient (Wildman–Crippen LogP) is 3.83. The van der Waals surface area contributed by atoms with Crippen LogP contribution in [0.3, 0.4) is 0 Å². The molecule has 1 amide bonds. The second-order valence-corrected chi connectivity index (χ2v) is 6.08. The minimum atomic E-state index is -0.293. The summed E-state index contributed by atoms with van der Waals surface area (Å²) in [4.78, 5) is 13.3. The summed E-state index contributed by atoms with van der Waals surface area (Å²) in [5.74, 6) is 1.35. The number of rotatable bonds is 6. The Bertz CT molecular complexity index is 717. The molecule has 0 aromatic heterocycles. The quantitative estimate of drug-likeness (QED) is 0.801. The van der Waals surface area contributed by atoms with Crippen molar-refractivity contribution >= 4 is 6.09 Å². The van der Waals surface area contributed by atoms with E-state index >= 15 is 0 Å². The smallest absolute Gasteiger partial charge is 0.410 e. The predicted molar refractivity (Wildman–Crippen MR) is 95.1 cm³/mol. The van der Waals surface area contributed by atoms with Crippen LogP contribution in [0.1, 0.15) is 23.7 Å². The molecule has 0 radical (unpaired) electrons. The number of hydrogen-bond donors (Lipinski definition) is 0. The van der Waals surface area contributed by atoms with Gasteiger partial charge >= 0.3 is 6.09 Å². The highest BCUT2D eigenvalue weighted by atomic mass is 16.6. The van der Waals surface area contributed by atoms with E-state index < -0.39 is 0 Å². The van der Waals surface area contributed by atoms with E-state index in [1.165, 1.54) is 5.56 Å². The minimum Gasteiger partial charge on any atom is -0.493 e. The number of hydrogen-bond acceptors (Lipinski definition) is 4. The molecule has 5 nitrogen and oxygen atoms in total. The van der Waals surface area contributed by atoms with Crippen molar-refractivity contribution in [1.29, 1.82) is 0 Å². The third kappa shape index (κ3) is 4.24. The van der Waals surface area contributed by atoms with Gasteiger partial charge in [0.15, 0.2) is 11.5 Å². The van der Waals surface area contributed by atoms with Crippen LogP contribution in [0.4, 0.5) is 4.79 Å². The van der Waals surface area contributed by atoms with Gasteiger partial charge in [-0.05, 0) is 23.3 Å². The van der Waals surface area contributed by atoms with Gasteiger partial charge in [-0.2, -0.15) is 0 Å². The van der Waals surface area contributed by atoms with Gasteiger partial charge < -0.3 is 19.1 Å². The van der Waals surface area contributed by atoms with Crippen LogP contribution in [0.15, 0.2) is 48.5 Å². The number of cyclic esters (lactones) is 1. The molecule has 5 heteroatoms. The summed E-state index contributed by atoms with van der Waals surface area (Å²) in [5.41, 5.74) is 2.15. The highest BCUT2D eigenvalue weighted by molar-refractivity contribution is 5.68. The van der Waals surface area contributed by atoms with E-state index in [0.717, 1.165) is 18.4 Å². The van der Waals surface area contributed by atoms with Crippen molar-refractivity contribution < 1.29 is 19.0 Å². The van der Waals surface area contributed by atoms with Crippen molar-refractivity contribution in [3.05, 3.63) is 59.7 Å². The molecule has 0 aliphatic carbocycles. The van der Waals surface area contributed by atoms with E-state index in [0.29, 0.717) is 24.7 Å². The van der Waals surface area contributed by atoms with Crippen LogP contribution in [0, 0.1) is 0 Å². The van der Waals surface area contributed by atoms with E-state index in [1.54, 1.807) is 19.1 Å². The van der Waals surface area contributed by atoms with Crippen LogP contribution in [0.25, 0.3) is 0 Å². The molecule has 0 spiro atoms. The number of benzene rings is 2. The Morgan fingerprint density at radius 3 is 2.68 bits per heavy atom. The lowest BCUT2D eigenvalue weighted by Crippen LogP contribution is -2.35. The average Bonchev–Trinajstić information content (AvgIpc) is 2.65. The molecule has 25 heavy (non-hydrogen) atoms. The Hall–Kier alpha value is -2.69. The van der Waals surface area contributed by atoms with Gasteiger partial charge in [-0.25, -0.2) is 4.79 Å². The number of nitrogens with zero attached hydrogens (tertiary/aromatic N) is 1. The summed E-state index contributed by atoms with van der Waals surface area (Å²) in [6.45, 7) is 1.23. The molecule has 1 heterocycles. The van der Waals surface area contributed by atoms with Crippen LogP contribution in [-0.2, 0) is 11.2 Å². The molecule has 1 unspecified atom stereocenters. The molecule has 0 saturated carbocycles. The topological polar surface area (TPSA) is 48.0 Å². The van der Waals surface area contributed by atoms with Crippen molar-refractivity contribution in [2.24, 2.45) is 0 Å². The first kappa shape index (κ1) is 17.1. The van der Waals surface area contributed by atoms with E-state index in [1.807, 2.05) is 36.4 Å². The summed E-state index contributed by atoms with van der Waals surface area (Å²) in [6.07, 6.45) is 1.04. The standard InChI is InChI=1S/C20H23NO4/c1-21-12-10-17(25-20(21)22)16-8-9-18(23-2)19(14-16)24-13-11-15-6-4-3-5-7-15/h3-9,14,17H,10-13H2,1-2H3. The molecule has 3 rings (SSSR count). The van der Waals surface area contributed by atoms with Crippen molar-refractivity contribution in [1.82, 2.24) is 4.90 Å². The third-order valence-electron chi connectivity index (χ3n) is 4.33. The van der Waals surface area contributed by atoms with Crippen molar-refractivity contribution in [2.75, 3.05) is 27.3 Å². The van der Waals surface area contributed by atoms with Gasteiger partial charge in [-0.1, -0.05) is 36.4 Å². The maximum atomic E-state index is 11.8. The third-order valence-corrected chi connectivity index (χ3v) is 4.33. The fourth-order valence-electron chi connectivity index (χ4n) is 2.84. The molecular formula is C20H23NO4. The fraction of sp³-hybridized carbons (Fsp3) is 0.350. The van der Waals surface area contributed by atoms with Gasteiger partial charge in [0, 0.05) is 26.4 Å². The van der Waals surface area contributed by atoms with E-state index in [2.05, 4.69) is 12.1 Å². The van der Waals surface area contributed by atoms with Gasteiger partial charge in [-0.15, -0.1) is 0 Å². The molecule has 1 atom stereocenters. The summed E-state index contributed by atoms with van der Waals surface area (Å²) in [5, 5.41) is 0. The van der Waals surface area contributed by atoms with Crippen LogP contribution in [-0.4, -0.2) is 38.3 Å². The zero-order valence-corrected chi connectivity index (χ0v) is 14.6. The summed E-state index contributed by atoms with van der Waals surface area (Å²) >= 11 is 0. The molecule has 1 saturated heterocycles. The van der Waals surface area contributed by atoms with E-state index in [4.69, 9.17) is 14.2 Å². The van der Waals surface area contributed by atoms with Gasteiger partial charge in [0.05, 0.1) is 13.7 Å². The van der Waals surface area contributed by atoms with Crippen molar-refractivity contribution in [3.8, 4) is 11.5 Å². The Kier molecular flexibility index (Phi) is 5.43. The van der Waals surface area contributed by atoms with Gasteiger partial charge in [0.2, 0.25) is 0 Å². The second kappa shape index (κ2) is 7.92. The number of amides is 1. The molecule has 1 aliphatic rings. The van der Waals surface area contributed by atoms with Crippen molar-refractivity contribution in [2.45, 2.75) is 18.9 Å². The molecule has 2 aromatic rings. The lowest BCUT2D eigenvalue weighted by Gasteiger charge is -2.29. The zero-order valence-electron chi connectivity index (χ0n) is 14.6. The van der Waals surface area contributed by atoms with Gasteiger partial charge in [0.1, 0.15) is 6.10 Å². The molecular weight excluding hydrogens is 318 g/mol. The average molecular weight is 341 g/mol. The molecule has 0 bridgehead atoms. The molecule has 0 N–H and O–H groups in total. The zero-order chi connectivity index (χ0) is 17.6. The Morgan fingerprint density at radius 1 is 1.16 bits per heavy atom. The molecule has 2 aromatic carbocycles. The van der Waals surface area contributed by atoms with Gasteiger partial charge in [-0.3, -0.25) is 0 Å². The summed E-state index contributed by atoms with van der Waals surface area (Å²) in [6, 6.07) is 15.9. The van der Waals surface area contributed by atoms with Gasteiger partial charge in [0.25, 0.3) is 0 Å². The number of methoxy groups -OCH3 is 1. The fourth-order valence-corrected chi connectivity index (χ4v) is 2.84.